The van der Waals surface area contributed by atoms with Crippen molar-refractivity contribution in [2.75, 3.05) is 25.5 Å². The predicted molar refractivity (Wildman–Crippen MR) is 126 cm³/mol. The molecule has 2 aromatic heterocycles. The number of pyridine rings is 1. The third-order valence-corrected chi connectivity index (χ3v) is 6.00. The molecule has 0 bridgehead atoms. The molecule has 8 nitrogen and oxygen atoms in total. The first kappa shape index (κ1) is 22.4. The third kappa shape index (κ3) is 5.17. The fourth-order valence-electron chi connectivity index (χ4n) is 3.88. The minimum atomic E-state index is -0.115. The van der Waals surface area contributed by atoms with Crippen LogP contribution in [0.5, 0.6) is 5.75 Å². The molecular formula is C22H25ClN6O2S. The van der Waals surface area contributed by atoms with Gasteiger partial charge in [0, 0.05) is 17.3 Å². The molecule has 1 aromatic carbocycles. The SMILES string of the molecule is COc1ccc(Cl)cc1-c1nc(=S)n(CN2CCCC(C(=O)Nc3cccc(C)n3)C2)[nH]1. The van der Waals surface area contributed by atoms with Gasteiger partial charge in [-0.1, -0.05) is 17.7 Å². The monoisotopic (exact) mass is 472 g/mol. The number of carbonyl (C=O) groups is 1. The number of methoxy groups -OCH3 is 1. The van der Waals surface area contributed by atoms with E-state index in [4.69, 9.17) is 28.6 Å². The molecule has 32 heavy (non-hydrogen) atoms. The van der Waals surface area contributed by atoms with Crippen molar-refractivity contribution in [3.05, 3.63) is 51.9 Å². The number of carbonyl (C=O) groups excluding carboxylic acids is 1. The van der Waals surface area contributed by atoms with Crippen LogP contribution in [-0.4, -0.2) is 50.8 Å². The highest BCUT2D eigenvalue weighted by Crippen LogP contribution is 2.30. The first-order chi connectivity index (χ1) is 15.4. The number of amides is 1. The summed E-state index contributed by atoms with van der Waals surface area (Å²) in [6.07, 6.45) is 1.77. The van der Waals surface area contributed by atoms with Gasteiger partial charge in [-0.15, -0.1) is 0 Å². The van der Waals surface area contributed by atoms with Crippen molar-refractivity contribution in [2.24, 2.45) is 5.92 Å². The van der Waals surface area contributed by atoms with E-state index in [1.54, 1.807) is 36.1 Å². The Hall–Kier alpha value is -2.75. The lowest BCUT2D eigenvalue weighted by molar-refractivity contribution is -0.121. The molecule has 1 amide bonds. The van der Waals surface area contributed by atoms with Gasteiger partial charge in [0.05, 0.1) is 25.3 Å². The number of nitrogens with zero attached hydrogens (tertiary/aromatic N) is 4. The van der Waals surface area contributed by atoms with Gasteiger partial charge in [0.2, 0.25) is 10.7 Å². The van der Waals surface area contributed by atoms with Crippen LogP contribution < -0.4 is 10.1 Å². The van der Waals surface area contributed by atoms with Crippen LogP contribution in [0.15, 0.2) is 36.4 Å². The molecule has 1 fully saturated rings. The zero-order chi connectivity index (χ0) is 22.7. The summed E-state index contributed by atoms with van der Waals surface area (Å²) in [7, 11) is 1.60. The zero-order valence-corrected chi connectivity index (χ0v) is 19.5. The van der Waals surface area contributed by atoms with Crippen molar-refractivity contribution in [3.63, 3.8) is 0 Å². The fourth-order valence-corrected chi connectivity index (χ4v) is 4.24. The number of halogens is 1. The minimum absolute atomic E-state index is 0.00893. The van der Waals surface area contributed by atoms with Crippen LogP contribution in [0.4, 0.5) is 5.82 Å². The van der Waals surface area contributed by atoms with Crippen molar-refractivity contribution in [1.29, 1.82) is 0 Å². The molecule has 1 aliphatic rings. The first-order valence-electron chi connectivity index (χ1n) is 10.4. The highest BCUT2D eigenvalue weighted by atomic mass is 35.5. The zero-order valence-electron chi connectivity index (χ0n) is 18.0. The van der Waals surface area contributed by atoms with Gasteiger partial charge in [0.1, 0.15) is 11.6 Å². The second kappa shape index (κ2) is 9.81. The highest BCUT2D eigenvalue weighted by Gasteiger charge is 2.26. The molecule has 0 radical (unpaired) electrons. The number of aromatic amines is 1. The van der Waals surface area contributed by atoms with E-state index in [1.165, 1.54) is 0 Å². The number of H-pyrrole nitrogens is 1. The Labute approximate surface area is 196 Å². The van der Waals surface area contributed by atoms with Gasteiger partial charge in [-0.3, -0.25) is 14.8 Å². The molecule has 4 rings (SSSR count). The summed E-state index contributed by atoms with van der Waals surface area (Å²) in [6, 6.07) is 10.9. The Balaban J connectivity index is 1.45. The summed E-state index contributed by atoms with van der Waals surface area (Å²) in [5, 5.41) is 6.77. The molecule has 2 N–H and O–H groups in total. The minimum Gasteiger partial charge on any atom is -0.496 e. The number of likely N-dealkylation sites (tertiary alicyclic amines) is 1. The van der Waals surface area contributed by atoms with Gasteiger partial charge >= 0.3 is 0 Å². The summed E-state index contributed by atoms with van der Waals surface area (Å²) in [4.78, 5) is 23.8. The Kier molecular flexibility index (Phi) is 6.88. The van der Waals surface area contributed by atoms with Crippen LogP contribution in [-0.2, 0) is 11.5 Å². The number of rotatable bonds is 6. The van der Waals surface area contributed by atoms with Crippen molar-refractivity contribution in [1.82, 2.24) is 24.6 Å². The number of benzene rings is 1. The van der Waals surface area contributed by atoms with Gasteiger partial charge in [0.15, 0.2) is 5.82 Å². The van der Waals surface area contributed by atoms with Gasteiger partial charge in [-0.05, 0) is 68.9 Å². The maximum absolute atomic E-state index is 12.8. The van der Waals surface area contributed by atoms with Crippen LogP contribution >= 0.6 is 23.8 Å². The Morgan fingerprint density at radius 3 is 2.97 bits per heavy atom. The first-order valence-corrected chi connectivity index (χ1v) is 11.2. The van der Waals surface area contributed by atoms with Gasteiger partial charge < -0.3 is 10.1 Å². The molecule has 0 spiro atoms. The second-order valence-electron chi connectivity index (χ2n) is 7.84. The summed E-state index contributed by atoms with van der Waals surface area (Å²) in [5.74, 6) is 1.71. The van der Waals surface area contributed by atoms with E-state index in [9.17, 15) is 4.79 Å². The quantitative estimate of drug-likeness (QED) is 0.520. The van der Waals surface area contributed by atoms with Gasteiger partial charge in [-0.2, -0.15) is 4.98 Å². The van der Waals surface area contributed by atoms with E-state index in [0.29, 0.717) is 40.4 Å². The topological polar surface area (TPSA) is 88.1 Å². The normalized spacial score (nSPS) is 16.7. The molecule has 1 atom stereocenters. The molecule has 1 unspecified atom stereocenters. The number of aromatic nitrogens is 4. The number of anilines is 1. The highest BCUT2D eigenvalue weighted by molar-refractivity contribution is 7.71. The van der Waals surface area contributed by atoms with E-state index in [0.717, 1.165) is 30.6 Å². The average molecular weight is 473 g/mol. The standard InChI is InChI=1S/C22H25ClN6O2S/c1-14-5-3-7-19(24-14)25-21(30)15-6-4-10-28(12-15)13-29-22(32)26-20(27-29)17-11-16(23)8-9-18(17)31-2/h3,5,7-9,11,15H,4,6,10,12-13H2,1-2H3,(H,24,25,30)(H,26,27,32). The number of ether oxygens (including phenoxy) is 1. The maximum atomic E-state index is 12.8. The van der Waals surface area contributed by atoms with E-state index < -0.39 is 0 Å². The van der Waals surface area contributed by atoms with E-state index >= 15 is 0 Å². The molecule has 168 valence electrons. The van der Waals surface area contributed by atoms with E-state index in [-0.39, 0.29) is 11.8 Å². The fraction of sp³-hybridized carbons (Fsp3) is 0.364. The number of hydrogen-bond donors (Lipinski definition) is 2. The Morgan fingerprint density at radius 2 is 2.19 bits per heavy atom. The van der Waals surface area contributed by atoms with Gasteiger partial charge in [-0.25, -0.2) is 9.67 Å². The van der Waals surface area contributed by atoms with Crippen molar-refractivity contribution in [3.8, 4) is 17.1 Å². The largest absolute Gasteiger partial charge is 0.496 e. The lowest BCUT2D eigenvalue weighted by atomic mass is 9.97. The Bertz CT molecular complexity index is 1180. The Morgan fingerprint density at radius 1 is 1.34 bits per heavy atom. The number of piperidine rings is 1. The molecule has 0 saturated carbocycles. The van der Waals surface area contributed by atoms with Crippen LogP contribution in [0.25, 0.3) is 11.4 Å². The van der Waals surface area contributed by atoms with Crippen LogP contribution in [0.2, 0.25) is 5.02 Å². The summed E-state index contributed by atoms with van der Waals surface area (Å²) in [6.45, 7) is 3.93. The molecule has 3 aromatic rings. The lowest BCUT2D eigenvalue weighted by Crippen LogP contribution is -2.41. The number of nitrogens with one attached hydrogen (secondary N) is 2. The predicted octanol–water partition coefficient (Wildman–Crippen LogP) is 4.28. The molecule has 1 aliphatic heterocycles. The van der Waals surface area contributed by atoms with Crippen LogP contribution in [0.1, 0.15) is 18.5 Å². The maximum Gasteiger partial charge on any atom is 0.229 e. The molecule has 3 heterocycles. The summed E-state index contributed by atoms with van der Waals surface area (Å²) < 4.78 is 7.66. The molecule has 10 heteroatoms. The van der Waals surface area contributed by atoms with Crippen molar-refractivity contribution >= 4 is 35.5 Å². The second-order valence-corrected chi connectivity index (χ2v) is 8.64. The van der Waals surface area contributed by atoms with E-state index in [2.05, 4.69) is 25.3 Å². The average Bonchev–Trinajstić information content (AvgIpc) is 3.14. The van der Waals surface area contributed by atoms with Crippen molar-refractivity contribution < 1.29 is 9.53 Å². The van der Waals surface area contributed by atoms with Crippen LogP contribution in [0.3, 0.4) is 0 Å². The van der Waals surface area contributed by atoms with Crippen molar-refractivity contribution in [2.45, 2.75) is 26.4 Å². The summed E-state index contributed by atoms with van der Waals surface area (Å²) >= 11 is 11.6. The number of aryl methyl sites for hydroxylation is 1. The molecule has 0 aliphatic carbocycles. The molecule has 1 saturated heterocycles. The van der Waals surface area contributed by atoms with Gasteiger partial charge in [0.25, 0.3) is 0 Å². The van der Waals surface area contributed by atoms with E-state index in [1.807, 2.05) is 19.1 Å². The van der Waals surface area contributed by atoms with Crippen LogP contribution in [0, 0.1) is 17.6 Å². The smallest absolute Gasteiger partial charge is 0.229 e. The summed E-state index contributed by atoms with van der Waals surface area (Å²) in [5.41, 5.74) is 1.61. The molecular weight excluding hydrogens is 448 g/mol. The lowest BCUT2D eigenvalue weighted by Gasteiger charge is -2.31. The third-order valence-electron chi connectivity index (χ3n) is 5.45. The number of hydrogen-bond acceptors (Lipinski definition) is 6.